The number of aromatic nitrogens is 1. The minimum Gasteiger partial charge on any atom is -0.497 e. The molecule has 0 unspecified atom stereocenters. The summed E-state index contributed by atoms with van der Waals surface area (Å²) in [6.07, 6.45) is 9.65. The minimum absolute atomic E-state index is 0.876. The van der Waals surface area contributed by atoms with Gasteiger partial charge in [-0.05, 0) is 66.3 Å². The second-order valence-corrected chi connectivity index (χ2v) is 7.56. The van der Waals surface area contributed by atoms with Gasteiger partial charge in [0.1, 0.15) is 5.75 Å². The van der Waals surface area contributed by atoms with Gasteiger partial charge < -0.3 is 4.74 Å². The van der Waals surface area contributed by atoms with Crippen LogP contribution in [0.5, 0.6) is 5.75 Å². The number of ether oxygens (including phenoxy) is 1. The van der Waals surface area contributed by atoms with Crippen molar-refractivity contribution in [1.82, 2.24) is 9.88 Å². The monoisotopic (exact) mass is 384 g/mol. The maximum Gasteiger partial charge on any atom is 0.119 e. The van der Waals surface area contributed by atoms with Gasteiger partial charge in [-0.3, -0.25) is 9.88 Å². The SMILES string of the molecule is COc1cccc(-c2cncc(CCCN3CC=C(c4ccccc4)CC3)c2)c1. The average molecular weight is 385 g/mol. The van der Waals surface area contributed by atoms with Crippen molar-refractivity contribution in [2.45, 2.75) is 19.3 Å². The zero-order chi connectivity index (χ0) is 19.9. The van der Waals surface area contributed by atoms with E-state index in [1.807, 2.05) is 24.5 Å². The Hall–Kier alpha value is -2.91. The lowest BCUT2D eigenvalue weighted by Crippen LogP contribution is -2.29. The molecular weight excluding hydrogens is 356 g/mol. The molecule has 2 aromatic carbocycles. The first-order valence-corrected chi connectivity index (χ1v) is 10.4. The zero-order valence-electron chi connectivity index (χ0n) is 17.1. The van der Waals surface area contributed by atoms with Crippen molar-refractivity contribution < 1.29 is 4.74 Å². The first kappa shape index (κ1) is 19.4. The van der Waals surface area contributed by atoms with Crippen molar-refractivity contribution in [3.63, 3.8) is 0 Å². The fourth-order valence-electron chi connectivity index (χ4n) is 3.92. The Morgan fingerprint density at radius 2 is 1.79 bits per heavy atom. The fraction of sp³-hybridized carbons (Fsp3) is 0.269. The van der Waals surface area contributed by atoms with Crippen LogP contribution in [0, 0.1) is 0 Å². The summed E-state index contributed by atoms with van der Waals surface area (Å²) in [5.41, 5.74) is 6.44. The molecule has 0 spiro atoms. The molecule has 0 fully saturated rings. The van der Waals surface area contributed by atoms with Gasteiger partial charge in [-0.25, -0.2) is 0 Å². The summed E-state index contributed by atoms with van der Waals surface area (Å²) in [5.74, 6) is 0.876. The molecule has 148 valence electrons. The van der Waals surface area contributed by atoms with E-state index in [2.05, 4.69) is 64.5 Å². The maximum atomic E-state index is 5.34. The summed E-state index contributed by atoms with van der Waals surface area (Å²) in [6, 6.07) is 21.2. The van der Waals surface area contributed by atoms with Crippen LogP contribution >= 0.6 is 0 Å². The van der Waals surface area contributed by atoms with Crippen LogP contribution in [0.2, 0.25) is 0 Å². The standard InChI is InChI=1S/C26H28N2O/c1-29-26-11-5-10-24(18-26)25-17-21(19-27-20-25)7-6-14-28-15-12-23(13-16-28)22-8-3-2-4-9-22/h2-5,8-12,17-20H,6-7,13-16H2,1H3. The first-order chi connectivity index (χ1) is 14.3. The van der Waals surface area contributed by atoms with E-state index in [1.54, 1.807) is 7.11 Å². The molecule has 0 N–H and O–H groups in total. The molecule has 3 heteroatoms. The number of hydrogen-bond donors (Lipinski definition) is 0. The van der Waals surface area contributed by atoms with Crippen LogP contribution in [0.15, 0.2) is 79.1 Å². The second kappa shape index (κ2) is 9.53. The van der Waals surface area contributed by atoms with Crippen LogP contribution < -0.4 is 4.74 Å². The molecule has 0 amide bonds. The Kier molecular flexibility index (Phi) is 6.38. The quantitative estimate of drug-likeness (QED) is 0.539. The molecule has 29 heavy (non-hydrogen) atoms. The van der Waals surface area contributed by atoms with Crippen molar-refractivity contribution in [3.8, 4) is 16.9 Å². The summed E-state index contributed by atoms with van der Waals surface area (Å²) in [6.45, 7) is 3.32. The van der Waals surface area contributed by atoms with E-state index in [1.165, 1.54) is 16.7 Å². The Morgan fingerprint density at radius 1 is 0.931 bits per heavy atom. The number of methoxy groups -OCH3 is 1. The molecule has 0 atom stereocenters. The highest BCUT2D eigenvalue weighted by Crippen LogP contribution is 2.25. The Bertz CT molecular complexity index is 965. The minimum atomic E-state index is 0.876. The number of benzene rings is 2. The third-order valence-electron chi connectivity index (χ3n) is 5.58. The van der Waals surface area contributed by atoms with Crippen molar-refractivity contribution >= 4 is 5.57 Å². The number of pyridine rings is 1. The normalized spacial score (nSPS) is 14.4. The van der Waals surface area contributed by atoms with Crippen LogP contribution in [-0.4, -0.2) is 36.6 Å². The number of nitrogens with zero attached hydrogens (tertiary/aromatic N) is 2. The Balaban J connectivity index is 1.31. The molecule has 0 saturated heterocycles. The molecule has 1 aliphatic rings. The topological polar surface area (TPSA) is 25.4 Å². The number of aryl methyl sites for hydroxylation is 1. The first-order valence-electron chi connectivity index (χ1n) is 10.4. The fourth-order valence-corrected chi connectivity index (χ4v) is 3.92. The molecule has 3 nitrogen and oxygen atoms in total. The molecule has 3 aromatic rings. The molecule has 0 saturated carbocycles. The number of hydrogen-bond acceptors (Lipinski definition) is 3. The van der Waals surface area contributed by atoms with E-state index in [0.29, 0.717) is 0 Å². The lowest BCUT2D eigenvalue weighted by Gasteiger charge is -2.26. The van der Waals surface area contributed by atoms with Crippen molar-refractivity contribution in [3.05, 3.63) is 90.3 Å². The zero-order valence-corrected chi connectivity index (χ0v) is 17.1. The van der Waals surface area contributed by atoms with E-state index < -0.39 is 0 Å². The molecule has 2 heterocycles. The smallest absolute Gasteiger partial charge is 0.119 e. The van der Waals surface area contributed by atoms with E-state index in [0.717, 1.165) is 55.8 Å². The van der Waals surface area contributed by atoms with E-state index in [9.17, 15) is 0 Å². The van der Waals surface area contributed by atoms with Gasteiger partial charge in [-0.1, -0.05) is 48.5 Å². The lowest BCUT2D eigenvalue weighted by molar-refractivity contribution is 0.298. The molecule has 1 aliphatic heterocycles. The summed E-state index contributed by atoms with van der Waals surface area (Å²) in [4.78, 5) is 7.01. The largest absolute Gasteiger partial charge is 0.497 e. The van der Waals surface area contributed by atoms with Crippen LogP contribution in [0.3, 0.4) is 0 Å². The van der Waals surface area contributed by atoms with E-state index in [4.69, 9.17) is 4.74 Å². The lowest BCUT2D eigenvalue weighted by atomic mass is 9.99. The van der Waals surface area contributed by atoms with Crippen LogP contribution in [-0.2, 0) is 6.42 Å². The van der Waals surface area contributed by atoms with Crippen LogP contribution in [0.4, 0.5) is 0 Å². The number of rotatable bonds is 7. The predicted molar refractivity (Wildman–Crippen MR) is 120 cm³/mol. The highest BCUT2D eigenvalue weighted by Gasteiger charge is 2.12. The van der Waals surface area contributed by atoms with E-state index in [-0.39, 0.29) is 0 Å². The maximum absolute atomic E-state index is 5.34. The summed E-state index contributed by atoms with van der Waals surface area (Å²) >= 11 is 0. The third-order valence-corrected chi connectivity index (χ3v) is 5.58. The Morgan fingerprint density at radius 3 is 2.59 bits per heavy atom. The van der Waals surface area contributed by atoms with Gasteiger partial charge in [0, 0.05) is 31.0 Å². The van der Waals surface area contributed by atoms with Gasteiger partial charge in [-0.2, -0.15) is 0 Å². The van der Waals surface area contributed by atoms with Gasteiger partial charge in [0.25, 0.3) is 0 Å². The molecule has 4 rings (SSSR count). The average Bonchev–Trinajstić information content (AvgIpc) is 2.80. The van der Waals surface area contributed by atoms with Crippen molar-refractivity contribution in [2.24, 2.45) is 0 Å². The van der Waals surface area contributed by atoms with Crippen LogP contribution in [0.25, 0.3) is 16.7 Å². The molecule has 0 aliphatic carbocycles. The van der Waals surface area contributed by atoms with Crippen LogP contribution in [0.1, 0.15) is 24.0 Å². The Labute approximate surface area is 173 Å². The van der Waals surface area contributed by atoms with Gasteiger partial charge in [0.05, 0.1) is 7.11 Å². The summed E-state index contributed by atoms with van der Waals surface area (Å²) < 4.78 is 5.34. The summed E-state index contributed by atoms with van der Waals surface area (Å²) in [5, 5.41) is 0. The second-order valence-electron chi connectivity index (χ2n) is 7.56. The highest BCUT2D eigenvalue weighted by molar-refractivity contribution is 5.66. The predicted octanol–water partition coefficient (Wildman–Crippen LogP) is 5.48. The molecule has 0 radical (unpaired) electrons. The third kappa shape index (κ3) is 5.12. The van der Waals surface area contributed by atoms with E-state index >= 15 is 0 Å². The molecule has 1 aromatic heterocycles. The van der Waals surface area contributed by atoms with Crippen molar-refractivity contribution in [2.75, 3.05) is 26.7 Å². The molecular formula is C26H28N2O. The van der Waals surface area contributed by atoms with Gasteiger partial charge in [0.2, 0.25) is 0 Å². The van der Waals surface area contributed by atoms with Gasteiger partial charge >= 0.3 is 0 Å². The summed E-state index contributed by atoms with van der Waals surface area (Å²) in [7, 11) is 1.70. The van der Waals surface area contributed by atoms with Crippen molar-refractivity contribution in [1.29, 1.82) is 0 Å². The molecule has 0 bridgehead atoms. The van der Waals surface area contributed by atoms with Gasteiger partial charge in [0.15, 0.2) is 0 Å². The highest BCUT2D eigenvalue weighted by atomic mass is 16.5. The van der Waals surface area contributed by atoms with Gasteiger partial charge in [-0.15, -0.1) is 0 Å².